The van der Waals surface area contributed by atoms with Gasteiger partial charge in [-0.25, -0.2) is 5.43 Å². The number of alkyl halides is 3. The van der Waals surface area contributed by atoms with E-state index in [-0.39, 0.29) is 28.7 Å². The van der Waals surface area contributed by atoms with Gasteiger partial charge in [-0.2, -0.15) is 18.3 Å². The first-order valence-corrected chi connectivity index (χ1v) is 13.0. The van der Waals surface area contributed by atoms with Gasteiger partial charge < -0.3 is 19.5 Å². The quantitative estimate of drug-likeness (QED) is 0.314. The van der Waals surface area contributed by atoms with Crippen molar-refractivity contribution < 1.29 is 37.3 Å². The topological polar surface area (TPSA) is 100 Å². The number of hydrogen-bond donors (Lipinski definition) is 2. The molecule has 202 valence electrons. The number of hydrogen-bond acceptors (Lipinski definition) is 8. The molecule has 3 aromatic rings. The molecule has 0 spiro atoms. The highest BCUT2D eigenvalue weighted by Gasteiger charge is 2.36. The molecule has 2 aromatic heterocycles. The van der Waals surface area contributed by atoms with E-state index < -0.39 is 17.6 Å². The molecule has 2 atom stereocenters. The van der Waals surface area contributed by atoms with Crippen LogP contribution in [0.5, 0.6) is 5.75 Å². The molecule has 1 fully saturated rings. The van der Waals surface area contributed by atoms with Gasteiger partial charge >= 0.3 is 6.18 Å². The maximum absolute atomic E-state index is 12.9. The average Bonchev–Trinajstić information content (AvgIpc) is 3.64. The van der Waals surface area contributed by atoms with Crippen molar-refractivity contribution in [3.8, 4) is 16.2 Å². The number of thiophene rings is 2. The number of benzene rings is 1. The zero-order valence-electron chi connectivity index (χ0n) is 20.5. The number of hydrazone groups is 1. The first-order chi connectivity index (χ1) is 18.0. The second-order valence-electron chi connectivity index (χ2n) is 8.46. The van der Waals surface area contributed by atoms with E-state index in [2.05, 4.69) is 10.5 Å². The van der Waals surface area contributed by atoms with Gasteiger partial charge in [-0.1, -0.05) is 12.1 Å². The van der Waals surface area contributed by atoms with Gasteiger partial charge in [-0.3, -0.25) is 9.59 Å². The Morgan fingerprint density at radius 3 is 2.24 bits per heavy atom. The fraction of sp³-hybridized carbons (Fsp3) is 0.320. The number of nitrogens with one attached hydrogen (secondary N) is 1. The summed E-state index contributed by atoms with van der Waals surface area (Å²) in [4.78, 5) is 28.2. The standard InChI is InChI=1S/C25H24F3N3O5S2/c1-13(16-12-37-22(21(16)32)14-4-6-15(7-5-14)25(26,27)28)29-30-23(33)19-8-9-20(38-19)24(34)31-10-17(35-2)18(11-31)36-3/h4-9,12,17-18,32H,10-11H2,1-3H3,(H,30,33)/b29-13+. The predicted octanol–water partition coefficient (Wildman–Crippen LogP) is 4.84. The Balaban J connectivity index is 1.42. The van der Waals surface area contributed by atoms with Crippen molar-refractivity contribution in [2.45, 2.75) is 25.3 Å². The van der Waals surface area contributed by atoms with Crippen LogP contribution in [0.15, 0.2) is 46.9 Å². The molecule has 0 bridgehead atoms. The van der Waals surface area contributed by atoms with Gasteiger partial charge in [0.25, 0.3) is 11.8 Å². The van der Waals surface area contributed by atoms with Gasteiger partial charge in [0, 0.05) is 32.7 Å². The Hall–Kier alpha value is -3.26. The summed E-state index contributed by atoms with van der Waals surface area (Å²) >= 11 is 2.17. The number of carbonyl (C=O) groups is 2. The van der Waals surface area contributed by atoms with Crippen LogP contribution < -0.4 is 5.43 Å². The van der Waals surface area contributed by atoms with Crippen molar-refractivity contribution in [3.63, 3.8) is 0 Å². The van der Waals surface area contributed by atoms with Crippen LogP contribution in [0, 0.1) is 0 Å². The lowest BCUT2D eigenvalue weighted by atomic mass is 10.1. The van der Waals surface area contributed by atoms with E-state index in [0.717, 1.165) is 34.8 Å². The summed E-state index contributed by atoms with van der Waals surface area (Å²) in [5.74, 6) is -0.907. The fourth-order valence-electron chi connectivity index (χ4n) is 3.97. The van der Waals surface area contributed by atoms with E-state index in [4.69, 9.17) is 9.47 Å². The Labute approximate surface area is 224 Å². The highest BCUT2D eigenvalue weighted by atomic mass is 32.1. The summed E-state index contributed by atoms with van der Waals surface area (Å²) < 4.78 is 49.2. The molecule has 4 rings (SSSR count). The minimum absolute atomic E-state index is 0.149. The van der Waals surface area contributed by atoms with Crippen LogP contribution in [0.1, 0.15) is 37.4 Å². The number of aromatic hydroxyl groups is 1. The average molecular weight is 568 g/mol. The molecule has 1 aliphatic rings. The van der Waals surface area contributed by atoms with Crippen LogP contribution in [-0.2, 0) is 15.7 Å². The van der Waals surface area contributed by atoms with Gasteiger partial charge in [0.2, 0.25) is 0 Å². The Morgan fingerprint density at radius 2 is 1.66 bits per heavy atom. The van der Waals surface area contributed by atoms with Crippen LogP contribution in [0.4, 0.5) is 13.2 Å². The second-order valence-corrected chi connectivity index (χ2v) is 10.4. The van der Waals surface area contributed by atoms with E-state index >= 15 is 0 Å². The van der Waals surface area contributed by atoms with E-state index in [9.17, 15) is 27.9 Å². The summed E-state index contributed by atoms with van der Waals surface area (Å²) in [5.41, 5.74) is 2.69. The summed E-state index contributed by atoms with van der Waals surface area (Å²) in [5, 5.41) is 16.3. The van der Waals surface area contributed by atoms with Crippen molar-refractivity contribution in [3.05, 3.63) is 62.7 Å². The Bertz CT molecular complexity index is 1340. The second kappa shape index (κ2) is 11.2. The maximum atomic E-state index is 12.9. The molecule has 8 nitrogen and oxygen atoms in total. The van der Waals surface area contributed by atoms with Crippen molar-refractivity contribution in [1.82, 2.24) is 10.3 Å². The molecule has 2 N–H and O–H groups in total. The smallest absolute Gasteiger partial charge is 0.416 e. The van der Waals surface area contributed by atoms with E-state index in [0.29, 0.717) is 39.7 Å². The van der Waals surface area contributed by atoms with E-state index in [1.54, 1.807) is 37.5 Å². The minimum atomic E-state index is -4.45. The van der Waals surface area contributed by atoms with E-state index in [1.165, 1.54) is 18.2 Å². The molecule has 2 amide bonds. The third kappa shape index (κ3) is 5.75. The SMILES string of the molecule is COC1CN(C(=O)c2ccc(C(=O)N/N=C(\C)c3csc(-c4ccc(C(F)(F)F)cc4)c3O)s2)CC1OC. The fourth-order valence-corrected chi connectivity index (χ4v) is 5.84. The Morgan fingerprint density at radius 1 is 1.05 bits per heavy atom. The normalized spacial score (nSPS) is 18.2. The number of carbonyl (C=O) groups excluding carboxylic acids is 2. The van der Waals surface area contributed by atoms with Crippen molar-refractivity contribution in [2.24, 2.45) is 5.10 Å². The van der Waals surface area contributed by atoms with Gasteiger partial charge in [0.05, 0.1) is 31.5 Å². The lowest BCUT2D eigenvalue weighted by molar-refractivity contribution is -0.137. The molecule has 38 heavy (non-hydrogen) atoms. The number of rotatable bonds is 7. The molecule has 0 aliphatic carbocycles. The lowest BCUT2D eigenvalue weighted by Crippen LogP contribution is -2.29. The molecule has 0 saturated carbocycles. The zero-order chi connectivity index (χ0) is 27.6. The summed E-state index contributed by atoms with van der Waals surface area (Å²) in [6.07, 6.45) is -4.90. The molecule has 1 aliphatic heterocycles. The number of ether oxygens (including phenoxy) is 2. The summed E-state index contributed by atoms with van der Waals surface area (Å²) in [6.45, 7) is 2.35. The van der Waals surface area contributed by atoms with Crippen molar-refractivity contribution >= 4 is 40.2 Å². The number of likely N-dealkylation sites (tertiary alicyclic amines) is 1. The highest BCUT2D eigenvalue weighted by molar-refractivity contribution is 7.16. The van der Waals surface area contributed by atoms with Crippen LogP contribution in [0.2, 0.25) is 0 Å². The number of nitrogens with zero attached hydrogens (tertiary/aromatic N) is 2. The van der Waals surface area contributed by atoms with Gasteiger partial charge in [-0.15, -0.1) is 22.7 Å². The number of amides is 2. The largest absolute Gasteiger partial charge is 0.506 e. The molecule has 0 radical (unpaired) electrons. The minimum Gasteiger partial charge on any atom is -0.506 e. The van der Waals surface area contributed by atoms with Crippen LogP contribution >= 0.6 is 22.7 Å². The number of halogens is 3. The molecule has 3 heterocycles. The van der Waals surface area contributed by atoms with Crippen molar-refractivity contribution in [2.75, 3.05) is 27.3 Å². The molecular formula is C25H24F3N3O5S2. The van der Waals surface area contributed by atoms with Gasteiger partial charge in [0.15, 0.2) is 0 Å². The Kier molecular flexibility index (Phi) is 8.21. The third-order valence-corrected chi connectivity index (χ3v) is 8.19. The lowest BCUT2D eigenvalue weighted by Gasteiger charge is -2.14. The molecule has 2 unspecified atom stereocenters. The van der Waals surface area contributed by atoms with Crippen molar-refractivity contribution in [1.29, 1.82) is 0 Å². The maximum Gasteiger partial charge on any atom is 0.416 e. The van der Waals surface area contributed by atoms with Crippen LogP contribution in [-0.4, -0.2) is 67.0 Å². The zero-order valence-corrected chi connectivity index (χ0v) is 22.2. The molecule has 1 saturated heterocycles. The predicted molar refractivity (Wildman–Crippen MR) is 138 cm³/mol. The summed E-state index contributed by atoms with van der Waals surface area (Å²) in [6, 6.07) is 7.57. The summed E-state index contributed by atoms with van der Waals surface area (Å²) in [7, 11) is 3.12. The van der Waals surface area contributed by atoms with Crippen LogP contribution in [0.3, 0.4) is 0 Å². The van der Waals surface area contributed by atoms with E-state index in [1.807, 2.05) is 0 Å². The molecule has 13 heteroatoms. The number of methoxy groups -OCH3 is 2. The van der Waals surface area contributed by atoms with Crippen LogP contribution in [0.25, 0.3) is 10.4 Å². The highest BCUT2D eigenvalue weighted by Crippen LogP contribution is 2.40. The monoisotopic (exact) mass is 567 g/mol. The molecule has 1 aromatic carbocycles. The van der Waals surface area contributed by atoms with Gasteiger partial charge in [0.1, 0.15) is 18.0 Å². The molecular weight excluding hydrogens is 543 g/mol. The van der Waals surface area contributed by atoms with Gasteiger partial charge in [-0.05, 0) is 36.8 Å². The first-order valence-electron chi connectivity index (χ1n) is 11.3. The first kappa shape index (κ1) is 27.8. The third-order valence-electron chi connectivity index (χ3n) is 6.10.